The molecule has 3 aromatic rings. The molecule has 2 aromatic heterocycles. The van der Waals surface area contributed by atoms with E-state index in [0.29, 0.717) is 31.1 Å². The molecule has 1 aromatic carbocycles. The summed E-state index contributed by atoms with van der Waals surface area (Å²) >= 11 is 0. The average Bonchev–Trinajstić information content (AvgIpc) is 3.15. The standard InChI is InChI=1S/C22H30N6O/c1-15(29-2)25-14-21-27-20-13-26-19-6-4-3-5-18(19)22(20)28(21)17-9-7-16(8-10-17)24-12-11-23/h3-6,13,16-17,24-25H,1,7-12,14,23H2,2H3. The summed E-state index contributed by atoms with van der Waals surface area (Å²) in [6.07, 6.45) is 6.40. The number of nitrogens with zero attached hydrogens (tertiary/aromatic N) is 3. The number of methoxy groups -OCH3 is 1. The molecule has 1 saturated carbocycles. The fraction of sp³-hybridized carbons (Fsp3) is 0.455. The van der Waals surface area contributed by atoms with E-state index in [0.717, 1.165) is 54.5 Å². The lowest BCUT2D eigenvalue weighted by atomic mass is 9.90. The van der Waals surface area contributed by atoms with E-state index in [4.69, 9.17) is 15.5 Å². The smallest absolute Gasteiger partial charge is 0.179 e. The van der Waals surface area contributed by atoms with Gasteiger partial charge in [-0.05, 0) is 38.3 Å². The Kier molecular flexibility index (Phi) is 5.97. The summed E-state index contributed by atoms with van der Waals surface area (Å²) in [5, 5.41) is 7.94. The van der Waals surface area contributed by atoms with Gasteiger partial charge in [-0.1, -0.05) is 18.2 Å². The number of benzene rings is 1. The quantitative estimate of drug-likeness (QED) is 0.509. The van der Waals surface area contributed by atoms with Crippen molar-refractivity contribution < 1.29 is 4.74 Å². The third kappa shape index (κ3) is 4.06. The normalized spacial score (nSPS) is 19.5. The summed E-state index contributed by atoms with van der Waals surface area (Å²) in [6, 6.07) is 9.26. The Morgan fingerprint density at radius 3 is 2.79 bits per heavy atom. The fourth-order valence-electron chi connectivity index (χ4n) is 4.37. The van der Waals surface area contributed by atoms with E-state index >= 15 is 0 Å². The maximum atomic E-state index is 5.65. The molecule has 0 spiro atoms. The van der Waals surface area contributed by atoms with Gasteiger partial charge in [0.05, 0.1) is 30.9 Å². The van der Waals surface area contributed by atoms with Crippen LogP contribution < -0.4 is 16.4 Å². The van der Waals surface area contributed by atoms with E-state index in [9.17, 15) is 0 Å². The monoisotopic (exact) mass is 394 g/mol. The molecule has 4 N–H and O–H groups in total. The van der Waals surface area contributed by atoms with Gasteiger partial charge in [0.2, 0.25) is 0 Å². The second kappa shape index (κ2) is 8.80. The summed E-state index contributed by atoms with van der Waals surface area (Å²) in [6.45, 7) is 6.01. The maximum absolute atomic E-state index is 5.65. The van der Waals surface area contributed by atoms with Crippen LogP contribution in [0.1, 0.15) is 37.5 Å². The van der Waals surface area contributed by atoms with Crippen LogP contribution in [0.25, 0.3) is 21.9 Å². The molecule has 1 aliphatic carbocycles. The lowest BCUT2D eigenvalue weighted by Gasteiger charge is -2.31. The van der Waals surface area contributed by atoms with Crippen molar-refractivity contribution in [1.29, 1.82) is 0 Å². The van der Waals surface area contributed by atoms with Gasteiger partial charge in [0.25, 0.3) is 0 Å². The molecule has 29 heavy (non-hydrogen) atoms. The first-order valence-electron chi connectivity index (χ1n) is 10.4. The Hall–Kier alpha value is -2.64. The minimum absolute atomic E-state index is 0.411. The topological polar surface area (TPSA) is 90.0 Å². The second-order valence-electron chi connectivity index (χ2n) is 7.64. The molecule has 0 atom stereocenters. The predicted octanol–water partition coefficient (Wildman–Crippen LogP) is 2.82. The van der Waals surface area contributed by atoms with Crippen molar-refractivity contribution in [2.24, 2.45) is 5.73 Å². The molecule has 7 nitrogen and oxygen atoms in total. The lowest BCUT2D eigenvalue weighted by Crippen LogP contribution is -2.37. The van der Waals surface area contributed by atoms with Gasteiger partial charge >= 0.3 is 0 Å². The molecule has 0 aliphatic heterocycles. The van der Waals surface area contributed by atoms with Crippen molar-refractivity contribution in [1.82, 2.24) is 25.2 Å². The number of fused-ring (bicyclic) bond motifs is 3. The Labute approximate surface area is 171 Å². The molecule has 1 aliphatic rings. The molecule has 0 radical (unpaired) electrons. The Bertz CT molecular complexity index is 990. The molecule has 0 amide bonds. The number of ether oxygens (including phenoxy) is 1. The van der Waals surface area contributed by atoms with Crippen LogP contribution in [0, 0.1) is 0 Å². The van der Waals surface area contributed by atoms with Crippen LogP contribution in [0.3, 0.4) is 0 Å². The zero-order valence-corrected chi connectivity index (χ0v) is 17.0. The van der Waals surface area contributed by atoms with Crippen molar-refractivity contribution in [3.05, 3.63) is 48.7 Å². The van der Waals surface area contributed by atoms with Crippen molar-refractivity contribution >= 4 is 21.9 Å². The van der Waals surface area contributed by atoms with Gasteiger partial charge < -0.3 is 25.7 Å². The minimum Gasteiger partial charge on any atom is -0.483 e. The van der Waals surface area contributed by atoms with Gasteiger partial charge in [-0.15, -0.1) is 0 Å². The van der Waals surface area contributed by atoms with Crippen molar-refractivity contribution in [3.63, 3.8) is 0 Å². The zero-order valence-electron chi connectivity index (χ0n) is 17.0. The van der Waals surface area contributed by atoms with Gasteiger partial charge in [0.15, 0.2) is 5.88 Å². The number of aromatic nitrogens is 3. The number of hydrogen-bond donors (Lipinski definition) is 3. The van der Waals surface area contributed by atoms with E-state index in [2.05, 4.69) is 45.0 Å². The Morgan fingerprint density at radius 2 is 2.03 bits per heavy atom. The molecule has 1 fully saturated rings. The number of imidazole rings is 1. The van der Waals surface area contributed by atoms with Crippen molar-refractivity contribution in [3.8, 4) is 0 Å². The predicted molar refractivity (Wildman–Crippen MR) is 116 cm³/mol. The second-order valence-corrected chi connectivity index (χ2v) is 7.64. The molecule has 154 valence electrons. The van der Waals surface area contributed by atoms with Crippen LogP contribution in [0.2, 0.25) is 0 Å². The maximum Gasteiger partial charge on any atom is 0.179 e. The zero-order chi connectivity index (χ0) is 20.2. The Balaban J connectivity index is 1.71. The van der Waals surface area contributed by atoms with Crippen molar-refractivity contribution in [2.75, 3.05) is 20.2 Å². The SMILES string of the molecule is C=C(NCc1nc2cnc3ccccc3c2n1C1CCC(NCCN)CC1)OC. The van der Waals surface area contributed by atoms with Crippen molar-refractivity contribution in [2.45, 2.75) is 44.3 Å². The number of pyridine rings is 1. The highest BCUT2D eigenvalue weighted by molar-refractivity contribution is 6.02. The van der Waals surface area contributed by atoms with Crippen LogP contribution in [0.5, 0.6) is 0 Å². The molecule has 0 unspecified atom stereocenters. The first-order chi connectivity index (χ1) is 14.2. The molecular weight excluding hydrogens is 364 g/mol. The highest BCUT2D eigenvalue weighted by Crippen LogP contribution is 2.35. The Morgan fingerprint density at radius 1 is 1.24 bits per heavy atom. The van der Waals surface area contributed by atoms with Gasteiger partial charge in [-0.3, -0.25) is 4.98 Å². The van der Waals surface area contributed by atoms with Gasteiger partial charge in [-0.25, -0.2) is 4.98 Å². The summed E-state index contributed by atoms with van der Waals surface area (Å²) in [5.74, 6) is 1.54. The number of rotatable bonds is 8. The van der Waals surface area contributed by atoms with Crippen LogP contribution in [-0.2, 0) is 11.3 Å². The number of hydrogen-bond acceptors (Lipinski definition) is 6. The molecule has 0 bridgehead atoms. The third-order valence-electron chi connectivity index (χ3n) is 5.83. The average molecular weight is 395 g/mol. The minimum atomic E-state index is 0.411. The molecule has 0 saturated heterocycles. The molecule has 4 rings (SSSR count). The molecule has 7 heteroatoms. The van der Waals surface area contributed by atoms with E-state index in [1.807, 2.05) is 12.3 Å². The summed E-state index contributed by atoms with van der Waals surface area (Å²) in [4.78, 5) is 9.53. The van der Waals surface area contributed by atoms with Gasteiger partial charge in [0, 0.05) is 30.6 Å². The van der Waals surface area contributed by atoms with Crippen LogP contribution in [0.4, 0.5) is 0 Å². The molecular formula is C22H30N6O. The van der Waals surface area contributed by atoms with E-state index in [1.54, 1.807) is 7.11 Å². The van der Waals surface area contributed by atoms with Gasteiger partial charge in [0.1, 0.15) is 11.3 Å². The summed E-state index contributed by atoms with van der Waals surface area (Å²) in [7, 11) is 1.62. The highest BCUT2D eigenvalue weighted by atomic mass is 16.5. The van der Waals surface area contributed by atoms with Gasteiger partial charge in [-0.2, -0.15) is 0 Å². The number of para-hydroxylation sites is 1. The van der Waals surface area contributed by atoms with E-state index in [-0.39, 0.29) is 0 Å². The van der Waals surface area contributed by atoms with Crippen LogP contribution in [-0.4, -0.2) is 40.8 Å². The van der Waals surface area contributed by atoms with E-state index in [1.165, 1.54) is 5.52 Å². The van der Waals surface area contributed by atoms with Crippen LogP contribution >= 0.6 is 0 Å². The summed E-state index contributed by atoms with van der Waals surface area (Å²) < 4.78 is 7.60. The third-order valence-corrected chi connectivity index (χ3v) is 5.83. The number of nitrogens with two attached hydrogens (primary N) is 1. The summed E-state index contributed by atoms with van der Waals surface area (Å²) in [5.41, 5.74) is 8.76. The van der Waals surface area contributed by atoms with Crippen LogP contribution in [0.15, 0.2) is 42.9 Å². The largest absolute Gasteiger partial charge is 0.483 e. The molecule has 2 heterocycles. The fourth-order valence-corrected chi connectivity index (χ4v) is 4.37. The lowest BCUT2D eigenvalue weighted by molar-refractivity contribution is 0.258. The highest BCUT2D eigenvalue weighted by Gasteiger charge is 2.26. The van der Waals surface area contributed by atoms with E-state index < -0.39 is 0 Å². The first-order valence-corrected chi connectivity index (χ1v) is 10.4. The number of nitrogens with one attached hydrogen (secondary N) is 2. The first kappa shape index (κ1) is 19.7.